The molecular formula is C14H20N2O3. The number of nitrogens with zero attached hydrogens (tertiary/aromatic N) is 1. The molecule has 104 valence electrons. The number of nitrogens with one attached hydrogen (secondary N) is 1. The summed E-state index contributed by atoms with van der Waals surface area (Å²) in [6.07, 6.45) is 7.30. The van der Waals surface area contributed by atoms with Crippen LogP contribution in [0.1, 0.15) is 44.9 Å². The van der Waals surface area contributed by atoms with E-state index in [1.165, 1.54) is 17.7 Å². The van der Waals surface area contributed by atoms with Gasteiger partial charge in [0.1, 0.15) is 5.92 Å². The van der Waals surface area contributed by atoms with Gasteiger partial charge in [-0.25, -0.2) is 4.79 Å². The molecule has 0 aromatic heterocycles. The molecule has 0 aromatic carbocycles. The number of hydrogen-bond acceptors (Lipinski definition) is 3. The van der Waals surface area contributed by atoms with Crippen LogP contribution in [0.5, 0.6) is 0 Å². The Morgan fingerprint density at radius 2 is 1.74 bits per heavy atom. The summed E-state index contributed by atoms with van der Waals surface area (Å²) >= 11 is 0. The molecule has 1 unspecified atom stereocenters. The average molecular weight is 264 g/mol. The van der Waals surface area contributed by atoms with Crippen molar-refractivity contribution >= 4 is 17.8 Å². The molecule has 1 heterocycles. The molecule has 5 heteroatoms. The van der Waals surface area contributed by atoms with Crippen molar-refractivity contribution < 1.29 is 14.4 Å². The van der Waals surface area contributed by atoms with Gasteiger partial charge in [-0.2, -0.15) is 0 Å². The lowest BCUT2D eigenvalue weighted by Gasteiger charge is -2.32. The van der Waals surface area contributed by atoms with Crippen molar-refractivity contribution in [3.05, 3.63) is 0 Å². The van der Waals surface area contributed by atoms with Gasteiger partial charge in [0.25, 0.3) is 0 Å². The van der Waals surface area contributed by atoms with Gasteiger partial charge < -0.3 is 0 Å². The molecular weight excluding hydrogens is 244 g/mol. The van der Waals surface area contributed by atoms with E-state index in [4.69, 9.17) is 0 Å². The summed E-state index contributed by atoms with van der Waals surface area (Å²) in [5.41, 5.74) is 0. The number of amides is 4. The van der Waals surface area contributed by atoms with Crippen LogP contribution in [0.2, 0.25) is 0 Å². The Morgan fingerprint density at radius 3 is 2.37 bits per heavy atom. The summed E-state index contributed by atoms with van der Waals surface area (Å²) in [5, 5.41) is 2.36. The molecule has 2 saturated carbocycles. The topological polar surface area (TPSA) is 66.5 Å². The maximum absolute atomic E-state index is 12.4. The van der Waals surface area contributed by atoms with E-state index >= 15 is 0 Å². The van der Waals surface area contributed by atoms with Gasteiger partial charge in [0.05, 0.1) is 0 Å². The first-order valence-corrected chi connectivity index (χ1v) is 7.33. The molecule has 3 fully saturated rings. The predicted molar refractivity (Wildman–Crippen MR) is 68.0 cm³/mol. The van der Waals surface area contributed by atoms with Crippen molar-refractivity contribution in [1.82, 2.24) is 10.2 Å². The first-order valence-electron chi connectivity index (χ1n) is 7.33. The third-order valence-electron chi connectivity index (χ3n) is 4.62. The van der Waals surface area contributed by atoms with E-state index in [1.54, 1.807) is 0 Å². The van der Waals surface area contributed by atoms with Crippen molar-refractivity contribution in [2.24, 2.45) is 17.8 Å². The maximum atomic E-state index is 12.4. The Bertz CT molecular complexity index is 411. The van der Waals surface area contributed by atoms with E-state index in [9.17, 15) is 14.4 Å². The van der Waals surface area contributed by atoms with Crippen LogP contribution < -0.4 is 5.32 Å². The molecule has 1 saturated heterocycles. The number of hydrogen-bond donors (Lipinski definition) is 1. The molecule has 19 heavy (non-hydrogen) atoms. The number of carbonyl (C=O) groups excluding carboxylic acids is 3. The summed E-state index contributed by atoms with van der Waals surface area (Å²) in [6, 6.07) is -0.523. The highest BCUT2D eigenvalue weighted by molar-refractivity contribution is 6.16. The summed E-state index contributed by atoms with van der Waals surface area (Å²) in [4.78, 5) is 37.4. The fourth-order valence-corrected chi connectivity index (χ4v) is 3.27. The van der Waals surface area contributed by atoms with Crippen LogP contribution in [-0.4, -0.2) is 29.3 Å². The van der Waals surface area contributed by atoms with Crippen molar-refractivity contribution in [2.45, 2.75) is 44.9 Å². The highest BCUT2D eigenvalue weighted by Crippen LogP contribution is 2.35. The van der Waals surface area contributed by atoms with Crippen LogP contribution in [-0.2, 0) is 9.59 Å². The largest absolute Gasteiger partial charge is 0.330 e. The van der Waals surface area contributed by atoms with Crippen molar-refractivity contribution in [1.29, 1.82) is 0 Å². The molecule has 2 aliphatic carbocycles. The zero-order chi connectivity index (χ0) is 13.4. The lowest BCUT2D eigenvalue weighted by Crippen LogP contribution is -2.59. The number of imide groups is 2. The Labute approximate surface area is 112 Å². The Kier molecular flexibility index (Phi) is 3.29. The van der Waals surface area contributed by atoms with E-state index in [-0.39, 0.29) is 17.7 Å². The summed E-state index contributed by atoms with van der Waals surface area (Å²) in [6.45, 7) is 0.464. The molecule has 0 bridgehead atoms. The molecule has 0 aromatic rings. The molecule has 1 aliphatic heterocycles. The van der Waals surface area contributed by atoms with Crippen LogP contribution in [0.3, 0.4) is 0 Å². The molecule has 0 radical (unpaired) electrons. The van der Waals surface area contributed by atoms with E-state index in [0.29, 0.717) is 12.5 Å². The first-order chi connectivity index (χ1) is 9.16. The van der Waals surface area contributed by atoms with Gasteiger partial charge in [-0.3, -0.25) is 19.8 Å². The quantitative estimate of drug-likeness (QED) is 0.785. The second kappa shape index (κ2) is 4.94. The maximum Gasteiger partial charge on any atom is 0.330 e. The van der Waals surface area contributed by atoms with E-state index in [2.05, 4.69) is 5.32 Å². The van der Waals surface area contributed by atoms with Crippen LogP contribution >= 0.6 is 0 Å². The van der Waals surface area contributed by atoms with Gasteiger partial charge in [0.15, 0.2) is 0 Å². The Morgan fingerprint density at radius 1 is 1.05 bits per heavy atom. The highest BCUT2D eigenvalue weighted by Gasteiger charge is 2.45. The second-order valence-electron chi connectivity index (χ2n) is 6.04. The molecule has 1 atom stereocenters. The fourth-order valence-electron chi connectivity index (χ4n) is 3.27. The van der Waals surface area contributed by atoms with Crippen molar-refractivity contribution in [2.75, 3.05) is 6.54 Å². The van der Waals surface area contributed by atoms with Gasteiger partial charge >= 0.3 is 6.03 Å². The first kappa shape index (κ1) is 12.6. The van der Waals surface area contributed by atoms with E-state index in [1.807, 2.05) is 0 Å². The minimum absolute atomic E-state index is 0.129. The van der Waals surface area contributed by atoms with Crippen LogP contribution in [0.4, 0.5) is 4.79 Å². The van der Waals surface area contributed by atoms with Gasteiger partial charge in [0.2, 0.25) is 11.8 Å². The Balaban J connectivity index is 1.70. The number of rotatable bonds is 4. The average Bonchev–Trinajstić information content (AvgIpc) is 3.03. The molecule has 3 aliphatic rings. The summed E-state index contributed by atoms with van der Waals surface area (Å²) < 4.78 is 0. The molecule has 0 spiro atoms. The highest BCUT2D eigenvalue weighted by atomic mass is 16.2. The monoisotopic (exact) mass is 264 g/mol. The normalized spacial score (nSPS) is 28.9. The van der Waals surface area contributed by atoms with Gasteiger partial charge in [-0.1, -0.05) is 25.7 Å². The minimum Gasteiger partial charge on any atom is -0.277 e. The smallest absolute Gasteiger partial charge is 0.277 e. The molecule has 4 amide bonds. The zero-order valence-corrected chi connectivity index (χ0v) is 11.1. The lowest BCUT2D eigenvalue weighted by molar-refractivity contribution is -0.145. The predicted octanol–water partition coefficient (Wildman–Crippen LogP) is 1.67. The number of carbonyl (C=O) groups is 3. The SMILES string of the molecule is O=C1NC(=O)N(CCC2CC2)C(=O)C1C1CCCC1. The Hall–Kier alpha value is -1.39. The number of urea groups is 1. The zero-order valence-electron chi connectivity index (χ0n) is 11.1. The fraction of sp³-hybridized carbons (Fsp3) is 0.786. The van der Waals surface area contributed by atoms with Gasteiger partial charge in [0, 0.05) is 6.54 Å². The van der Waals surface area contributed by atoms with E-state index in [0.717, 1.165) is 32.1 Å². The lowest BCUT2D eigenvalue weighted by atomic mass is 9.87. The number of barbiturate groups is 1. The van der Waals surface area contributed by atoms with Crippen LogP contribution in [0.15, 0.2) is 0 Å². The molecule has 1 N–H and O–H groups in total. The standard InChI is InChI=1S/C14H20N2O3/c17-12-11(10-3-1-2-4-10)13(18)16(14(19)15-12)8-7-9-5-6-9/h9-11H,1-8H2,(H,15,17,19). The van der Waals surface area contributed by atoms with Crippen LogP contribution in [0, 0.1) is 17.8 Å². The minimum atomic E-state index is -0.626. The summed E-state index contributed by atoms with van der Waals surface area (Å²) in [7, 11) is 0. The third-order valence-corrected chi connectivity index (χ3v) is 4.62. The third kappa shape index (κ3) is 2.51. The van der Waals surface area contributed by atoms with Gasteiger partial charge in [-0.15, -0.1) is 0 Å². The van der Waals surface area contributed by atoms with E-state index < -0.39 is 11.9 Å². The molecule has 3 rings (SSSR count). The van der Waals surface area contributed by atoms with Crippen molar-refractivity contribution in [3.63, 3.8) is 0 Å². The van der Waals surface area contributed by atoms with Crippen LogP contribution in [0.25, 0.3) is 0 Å². The van der Waals surface area contributed by atoms with Crippen molar-refractivity contribution in [3.8, 4) is 0 Å². The summed E-state index contributed by atoms with van der Waals surface area (Å²) in [5.74, 6) is -0.475. The second-order valence-corrected chi connectivity index (χ2v) is 6.04. The molecule has 5 nitrogen and oxygen atoms in total. The van der Waals surface area contributed by atoms with Gasteiger partial charge in [-0.05, 0) is 31.1 Å².